The second-order valence-electron chi connectivity index (χ2n) is 5.75. The van der Waals surface area contributed by atoms with Gasteiger partial charge in [-0.2, -0.15) is 0 Å². The highest BCUT2D eigenvalue weighted by Crippen LogP contribution is 2.24. The first-order chi connectivity index (χ1) is 7.43. The Hall–Kier alpha value is -0.120. The third kappa shape index (κ3) is 4.04. The number of hydrogen-bond acceptors (Lipinski definition) is 3. The molecule has 96 valence electrons. The van der Waals surface area contributed by atoms with Crippen molar-refractivity contribution >= 4 is 0 Å². The number of aliphatic hydroxyl groups is 2. The maximum Gasteiger partial charge on any atom is 0.0766 e. The fraction of sp³-hybridized carbons (Fsp3) is 1.00. The van der Waals surface area contributed by atoms with Gasteiger partial charge < -0.3 is 15.5 Å². The van der Waals surface area contributed by atoms with E-state index in [-0.39, 0.29) is 12.0 Å². The van der Waals surface area contributed by atoms with Crippen molar-refractivity contribution < 1.29 is 10.2 Å². The van der Waals surface area contributed by atoms with Crippen LogP contribution in [-0.4, -0.2) is 35.0 Å². The van der Waals surface area contributed by atoms with Gasteiger partial charge in [0, 0.05) is 13.1 Å². The summed E-state index contributed by atoms with van der Waals surface area (Å²) in [6.45, 7) is 7.34. The Balaban J connectivity index is 2.24. The van der Waals surface area contributed by atoms with Crippen LogP contribution in [0.1, 0.15) is 46.5 Å². The first-order valence-corrected chi connectivity index (χ1v) is 6.54. The molecule has 3 N–H and O–H groups in total. The molecular formula is C13H27NO2. The highest BCUT2D eigenvalue weighted by molar-refractivity contribution is 4.81. The summed E-state index contributed by atoms with van der Waals surface area (Å²) in [6.07, 6.45) is 4.28. The lowest BCUT2D eigenvalue weighted by Crippen LogP contribution is -2.45. The predicted octanol–water partition coefficient (Wildman–Crippen LogP) is 1.53. The van der Waals surface area contributed by atoms with Crippen molar-refractivity contribution in [1.29, 1.82) is 0 Å². The van der Waals surface area contributed by atoms with Gasteiger partial charge in [-0.05, 0) is 31.6 Å². The highest BCUT2D eigenvalue weighted by Gasteiger charge is 2.26. The lowest BCUT2D eigenvalue weighted by molar-refractivity contribution is 0.00916. The van der Waals surface area contributed by atoms with Crippen molar-refractivity contribution in [1.82, 2.24) is 5.32 Å². The molecular weight excluding hydrogens is 202 g/mol. The normalized spacial score (nSPS) is 30.4. The van der Waals surface area contributed by atoms with Crippen molar-refractivity contribution in [3.8, 4) is 0 Å². The minimum Gasteiger partial charge on any atom is -0.393 e. The van der Waals surface area contributed by atoms with Crippen LogP contribution in [0.4, 0.5) is 0 Å². The molecule has 3 unspecified atom stereocenters. The van der Waals surface area contributed by atoms with Gasteiger partial charge in [-0.15, -0.1) is 0 Å². The van der Waals surface area contributed by atoms with Gasteiger partial charge in [-0.25, -0.2) is 0 Å². The Morgan fingerprint density at radius 2 is 1.94 bits per heavy atom. The molecule has 3 heteroatoms. The first-order valence-electron chi connectivity index (χ1n) is 6.54. The second-order valence-corrected chi connectivity index (χ2v) is 5.75. The summed E-state index contributed by atoms with van der Waals surface area (Å²) in [5, 5.41) is 23.2. The number of nitrogens with one attached hydrogen (secondary N) is 1. The maximum atomic E-state index is 10.1. The van der Waals surface area contributed by atoms with Crippen molar-refractivity contribution in [3.05, 3.63) is 0 Å². The van der Waals surface area contributed by atoms with E-state index in [0.29, 0.717) is 12.5 Å². The van der Waals surface area contributed by atoms with E-state index in [2.05, 4.69) is 5.32 Å². The van der Waals surface area contributed by atoms with Gasteiger partial charge in [0.25, 0.3) is 0 Å². The van der Waals surface area contributed by atoms with Gasteiger partial charge in [0.2, 0.25) is 0 Å². The van der Waals surface area contributed by atoms with Gasteiger partial charge in [0.1, 0.15) is 0 Å². The molecule has 1 saturated carbocycles. The fourth-order valence-corrected chi connectivity index (χ4v) is 2.14. The van der Waals surface area contributed by atoms with Crippen LogP contribution < -0.4 is 5.32 Å². The molecule has 16 heavy (non-hydrogen) atoms. The van der Waals surface area contributed by atoms with E-state index in [9.17, 15) is 10.2 Å². The van der Waals surface area contributed by atoms with E-state index < -0.39 is 5.60 Å². The Kier molecular flexibility index (Phi) is 5.22. The SMILES string of the molecule is CC(C)C(C)(O)CNCC1CCCCC1O. The minimum atomic E-state index is -0.653. The van der Waals surface area contributed by atoms with Crippen LogP contribution in [0, 0.1) is 11.8 Å². The van der Waals surface area contributed by atoms with Crippen LogP contribution >= 0.6 is 0 Å². The molecule has 0 bridgehead atoms. The smallest absolute Gasteiger partial charge is 0.0766 e. The molecule has 1 fully saturated rings. The summed E-state index contributed by atoms with van der Waals surface area (Å²) < 4.78 is 0. The van der Waals surface area contributed by atoms with Gasteiger partial charge in [0.05, 0.1) is 11.7 Å². The molecule has 3 atom stereocenters. The third-order valence-corrected chi connectivity index (χ3v) is 4.00. The second kappa shape index (κ2) is 5.99. The molecule has 0 aromatic carbocycles. The van der Waals surface area contributed by atoms with Crippen LogP contribution in [0.5, 0.6) is 0 Å². The fourth-order valence-electron chi connectivity index (χ4n) is 2.14. The monoisotopic (exact) mass is 229 g/mol. The molecule has 1 aliphatic carbocycles. The van der Waals surface area contributed by atoms with E-state index in [1.54, 1.807) is 0 Å². The van der Waals surface area contributed by atoms with E-state index in [4.69, 9.17) is 0 Å². The Bertz CT molecular complexity index is 204. The standard InChI is InChI=1S/C13H27NO2/c1-10(2)13(3,16)9-14-8-11-6-4-5-7-12(11)15/h10-12,14-16H,4-9H2,1-3H3. The average Bonchev–Trinajstić information content (AvgIpc) is 2.20. The van der Waals surface area contributed by atoms with Crippen LogP contribution in [0.3, 0.4) is 0 Å². The quantitative estimate of drug-likeness (QED) is 0.670. The molecule has 0 spiro atoms. The average molecular weight is 229 g/mol. The first kappa shape index (κ1) is 13.9. The zero-order valence-corrected chi connectivity index (χ0v) is 10.9. The topological polar surface area (TPSA) is 52.5 Å². The molecule has 1 aliphatic rings. The summed E-state index contributed by atoms with van der Waals surface area (Å²) in [6, 6.07) is 0. The van der Waals surface area contributed by atoms with Crippen LogP contribution in [0.25, 0.3) is 0 Å². The van der Waals surface area contributed by atoms with Crippen LogP contribution in [-0.2, 0) is 0 Å². The molecule has 0 radical (unpaired) electrons. The molecule has 0 saturated heterocycles. The Morgan fingerprint density at radius 1 is 1.31 bits per heavy atom. The molecule has 3 nitrogen and oxygen atoms in total. The van der Waals surface area contributed by atoms with Crippen molar-refractivity contribution in [2.75, 3.05) is 13.1 Å². The molecule has 1 rings (SSSR count). The highest BCUT2D eigenvalue weighted by atomic mass is 16.3. The maximum absolute atomic E-state index is 10.1. The summed E-state index contributed by atoms with van der Waals surface area (Å²) in [5.74, 6) is 0.619. The summed E-state index contributed by atoms with van der Waals surface area (Å²) in [5.41, 5.74) is -0.653. The summed E-state index contributed by atoms with van der Waals surface area (Å²) in [4.78, 5) is 0. The number of rotatable bonds is 5. The van der Waals surface area contributed by atoms with Gasteiger partial charge >= 0.3 is 0 Å². The van der Waals surface area contributed by atoms with E-state index in [1.807, 2.05) is 20.8 Å². The van der Waals surface area contributed by atoms with Crippen molar-refractivity contribution in [2.24, 2.45) is 11.8 Å². The summed E-state index contributed by atoms with van der Waals surface area (Å²) >= 11 is 0. The van der Waals surface area contributed by atoms with Crippen LogP contribution in [0.15, 0.2) is 0 Å². The van der Waals surface area contributed by atoms with Crippen molar-refractivity contribution in [2.45, 2.75) is 58.2 Å². The Morgan fingerprint density at radius 3 is 2.50 bits per heavy atom. The molecule has 0 aromatic heterocycles. The van der Waals surface area contributed by atoms with Crippen molar-refractivity contribution in [3.63, 3.8) is 0 Å². The predicted molar refractivity (Wildman–Crippen MR) is 66.3 cm³/mol. The Labute approximate surface area is 99.3 Å². The lowest BCUT2D eigenvalue weighted by Gasteiger charge is -2.31. The van der Waals surface area contributed by atoms with Crippen LogP contribution in [0.2, 0.25) is 0 Å². The summed E-state index contributed by atoms with van der Waals surface area (Å²) in [7, 11) is 0. The van der Waals surface area contributed by atoms with E-state index in [1.165, 1.54) is 6.42 Å². The molecule has 0 heterocycles. The van der Waals surface area contributed by atoms with Gasteiger partial charge in [-0.3, -0.25) is 0 Å². The largest absolute Gasteiger partial charge is 0.393 e. The number of hydrogen-bond donors (Lipinski definition) is 3. The molecule has 0 amide bonds. The molecule has 0 aliphatic heterocycles. The zero-order chi connectivity index (χ0) is 12.2. The minimum absolute atomic E-state index is 0.148. The zero-order valence-electron chi connectivity index (χ0n) is 10.9. The number of aliphatic hydroxyl groups excluding tert-OH is 1. The lowest BCUT2D eigenvalue weighted by atomic mass is 9.86. The molecule has 0 aromatic rings. The third-order valence-electron chi connectivity index (χ3n) is 4.00. The van der Waals surface area contributed by atoms with Gasteiger partial charge in [-0.1, -0.05) is 26.7 Å². The van der Waals surface area contributed by atoms with E-state index >= 15 is 0 Å². The van der Waals surface area contributed by atoms with Gasteiger partial charge in [0.15, 0.2) is 0 Å². The van der Waals surface area contributed by atoms with E-state index in [0.717, 1.165) is 25.8 Å².